The third-order valence-electron chi connectivity index (χ3n) is 3.32. The van der Waals surface area contributed by atoms with Gasteiger partial charge in [-0.3, -0.25) is 14.5 Å². The first kappa shape index (κ1) is 13.6. The molecular formula is C13H18N2O4. The van der Waals surface area contributed by atoms with Crippen LogP contribution in [0.2, 0.25) is 0 Å². The maximum absolute atomic E-state index is 11.9. The molecule has 0 aromatic rings. The summed E-state index contributed by atoms with van der Waals surface area (Å²) in [6.07, 6.45) is 5.36. The number of imide groups is 1. The molecule has 0 aromatic heterocycles. The molecule has 1 aliphatic carbocycles. The van der Waals surface area contributed by atoms with E-state index in [1.165, 1.54) is 6.92 Å². The summed E-state index contributed by atoms with van der Waals surface area (Å²) >= 11 is 0. The van der Waals surface area contributed by atoms with Crippen LogP contribution >= 0.6 is 0 Å². The summed E-state index contributed by atoms with van der Waals surface area (Å²) in [5.41, 5.74) is 0. The molecule has 1 saturated heterocycles. The number of nitrogens with zero attached hydrogens (tertiary/aromatic N) is 1. The summed E-state index contributed by atoms with van der Waals surface area (Å²) in [7, 11) is 0. The van der Waals surface area contributed by atoms with E-state index in [1.807, 2.05) is 12.2 Å². The van der Waals surface area contributed by atoms with Gasteiger partial charge in [-0.25, -0.2) is 4.79 Å². The van der Waals surface area contributed by atoms with Crippen molar-refractivity contribution < 1.29 is 19.1 Å². The average Bonchev–Trinajstić information content (AvgIpc) is 2.99. The number of allylic oxidation sites excluding steroid dienone is 2. The topological polar surface area (TPSA) is 75.7 Å². The largest absolute Gasteiger partial charge is 0.453 e. The standard InChI is InChI=1S/C13H18N2O4/c1-9(12(17)15-7-6-14-13(15)18)19-11(16)8-10-4-2-3-5-10/h2,4,9-10H,3,5-8H2,1H3,(H,14,18)/t9-,10-/m0/s1. The lowest BCUT2D eigenvalue weighted by atomic mass is 10.1. The van der Waals surface area contributed by atoms with E-state index in [0.29, 0.717) is 19.5 Å². The lowest BCUT2D eigenvalue weighted by molar-refractivity contribution is -0.158. The summed E-state index contributed by atoms with van der Waals surface area (Å²) in [5.74, 6) is -0.646. The fourth-order valence-electron chi connectivity index (χ4n) is 2.28. The number of urea groups is 1. The zero-order valence-electron chi connectivity index (χ0n) is 10.9. The van der Waals surface area contributed by atoms with E-state index in [9.17, 15) is 14.4 Å². The molecule has 1 aliphatic heterocycles. The van der Waals surface area contributed by atoms with Crippen LogP contribution in [0.15, 0.2) is 12.2 Å². The van der Waals surface area contributed by atoms with E-state index in [1.54, 1.807) is 0 Å². The lowest BCUT2D eigenvalue weighted by Gasteiger charge is -2.18. The molecule has 0 aromatic carbocycles. The van der Waals surface area contributed by atoms with E-state index >= 15 is 0 Å². The Bertz CT molecular complexity index is 419. The van der Waals surface area contributed by atoms with Gasteiger partial charge in [-0.1, -0.05) is 12.2 Å². The van der Waals surface area contributed by atoms with E-state index in [4.69, 9.17) is 4.74 Å². The van der Waals surface area contributed by atoms with Crippen molar-refractivity contribution in [1.82, 2.24) is 10.2 Å². The predicted octanol–water partition coefficient (Wildman–Crippen LogP) is 0.826. The SMILES string of the molecule is C[C@H](OC(=O)C[C@H]1C=CCC1)C(=O)N1CCNC1=O. The monoisotopic (exact) mass is 266 g/mol. The van der Waals surface area contributed by atoms with Crippen LogP contribution < -0.4 is 5.32 Å². The van der Waals surface area contributed by atoms with Gasteiger partial charge >= 0.3 is 12.0 Å². The van der Waals surface area contributed by atoms with E-state index in [0.717, 1.165) is 17.7 Å². The van der Waals surface area contributed by atoms with Crippen molar-refractivity contribution in [3.63, 3.8) is 0 Å². The molecule has 0 spiro atoms. The Morgan fingerprint density at radius 3 is 2.95 bits per heavy atom. The number of ether oxygens (including phenoxy) is 1. The lowest BCUT2D eigenvalue weighted by Crippen LogP contribution is -2.41. The molecule has 3 amide bonds. The second-order valence-corrected chi connectivity index (χ2v) is 4.82. The highest BCUT2D eigenvalue weighted by molar-refractivity contribution is 5.98. The number of amides is 3. The van der Waals surface area contributed by atoms with Crippen molar-refractivity contribution >= 4 is 17.9 Å². The highest BCUT2D eigenvalue weighted by Gasteiger charge is 2.31. The predicted molar refractivity (Wildman–Crippen MR) is 67.1 cm³/mol. The first-order chi connectivity index (χ1) is 9.08. The fraction of sp³-hybridized carbons (Fsp3) is 0.615. The molecule has 2 rings (SSSR count). The minimum atomic E-state index is -0.915. The molecule has 1 fully saturated rings. The average molecular weight is 266 g/mol. The number of rotatable bonds is 4. The van der Waals surface area contributed by atoms with Gasteiger partial charge in [-0.15, -0.1) is 0 Å². The number of carbonyl (C=O) groups excluding carboxylic acids is 3. The molecule has 0 radical (unpaired) electrons. The van der Waals surface area contributed by atoms with Gasteiger partial charge in [0.1, 0.15) is 0 Å². The summed E-state index contributed by atoms with van der Waals surface area (Å²) in [4.78, 5) is 36.0. The molecule has 0 bridgehead atoms. The van der Waals surface area contributed by atoms with Crippen LogP contribution in [0, 0.1) is 5.92 Å². The van der Waals surface area contributed by atoms with Gasteiger partial charge in [-0.2, -0.15) is 0 Å². The maximum atomic E-state index is 11.9. The second-order valence-electron chi connectivity index (χ2n) is 4.82. The summed E-state index contributed by atoms with van der Waals surface area (Å²) in [6.45, 7) is 2.26. The first-order valence-electron chi connectivity index (χ1n) is 6.53. The summed E-state index contributed by atoms with van der Waals surface area (Å²) in [5, 5.41) is 2.53. The van der Waals surface area contributed by atoms with Gasteiger partial charge in [0, 0.05) is 13.1 Å². The Morgan fingerprint density at radius 2 is 2.37 bits per heavy atom. The number of esters is 1. The smallest absolute Gasteiger partial charge is 0.324 e. The van der Waals surface area contributed by atoms with Crippen LogP contribution in [0.25, 0.3) is 0 Å². The highest BCUT2D eigenvalue weighted by atomic mass is 16.5. The fourth-order valence-corrected chi connectivity index (χ4v) is 2.28. The van der Waals surface area contributed by atoms with Gasteiger partial charge in [0.15, 0.2) is 6.10 Å². The minimum Gasteiger partial charge on any atom is -0.453 e. The van der Waals surface area contributed by atoms with Crippen molar-refractivity contribution in [3.8, 4) is 0 Å². The van der Waals surface area contributed by atoms with Gasteiger partial charge < -0.3 is 10.1 Å². The molecule has 0 unspecified atom stereocenters. The maximum Gasteiger partial charge on any atom is 0.324 e. The third kappa shape index (κ3) is 3.33. The van der Waals surface area contributed by atoms with Crippen LogP contribution in [-0.4, -0.2) is 42.0 Å². The van der Waals surface area contributed by atoms with E-state index in [-0.39, 0.29) is 5.92 Å². The van der Waals surface area contributed by atoms with Crippen molar-refractivity contribution in [2.24, 2.45) is 5.92 Å². The number of carbonyl (C=O) groups is 3. The zero-order valence-corrected chi connectivity index (χ0v) is 10.9. The van der Waals surface area contributed by atoms with Gasteiger partial charge in [0.2, 0.25) is 0 Å². The molecule has 19 heavy (non-hydrogen) atoms. The second kappa shape index (κ2) is 5.86. The summed E-state index contributed by atoms with van der Waals surface area (Å²) in [6, 6.07) is -0.424. The zero-order chi connectivity index (χ0) is 13.8. The highest BCUT2D eigenvalue weighted by Crippen LogP contribution is 2.21. The molecule has 2 aliphatic rings. The van der Waals surface area contributed by atoms with Gasteiger partial charge in [0.25, 0.3) is 5.91 Å². The Hall–Kier alpha value is -1.85. The normalized spacial score (nSPS) is 23.3. The van der Waals surface area contributed by atoms with E-state index in [2.05, 4.69) is 5.32 Å². The molecule has 0 saturated carbocycles. The van der Waals surface area contributed by atoms with Crippen molar-refractivity contribution in [2.75, 3.05) is 13.1 Å². The third-order valence-corrected chi connectivity index (χ3v) is 3.32. The quantitative estimate of drug-likeness (QED) is 0.604. The summed E-state index contributed by atoms with van der Waals surface area (Å²) < 4.78 is 5.09. The van der Waals surface area contributed by atoms with Crippen LogP contribution in [0.1, 0.15) is 26.2 Å². The van der Waals surface area contributed by atoms with Crippen molar-refractivity contribution in [2.45, 2.75) is 32.3 Å². The molecule has 104 valence electrons. The Kier molecular flexibility index (Phi) is 4.19. The van der Waals surface area contributed by atoms with Crippen LogP contribution in [-0.2, 0) is 14.3 Å². The molecule has 2 atom stereocenters. The van der Waals surface area contributed by atoms with Gasteiger partial charge in [-0.05, 0) is 25.7 Å². The Balaban J connectivity index is 1.80. The molecule has 6 heteroatoms. The molecule has 1 heterocycles. The Labute approximate surface area is 111 Å². The van der Waals surface area contributed by atoms with E-state index < -0.39 is 24.0 Å². The van der Waals surface area contributed by atoms with Gasteiger partial charge in [0.05, 0.1) is 6.42 Å². The van der Waals surface area contributed by atoms with Crippen molar-refractivity contribution in [1.29, 1.82) is 0 Å². The molecule has 6 nitrogen and oxygen atoms in total. The van der Waals surface area contributed by atoms with Crippen LogP contribution in [0.4, 0.5) is 4.79 Å². The molecular weight excluding hydrogens is 248 g/mol. The number of hydrogen-bond acceptors (Lipinski definition) is 4. The molecule has 1 N–H and O–H groups in total. The van der Waals surface area contributed by atoms with Crippen molar-refractivity contribution in [3.05, 3.63) is 12.2 Å². The van der Waals surface area contributed by atoms with Crippen LogP contribution in [0.5, 0.6) is 0 Å². The first-order valence-corrected chi connectivity index (χ1v) is 6.53. The Morgan fingerprint density at radius 1 is 1.58 bits per heavy atom. The number of nitrogens with one attached hydrogen (secondary N) is 1. The van der Waals surface area contributed by atoms with Crippen LogP contribution in [0.3, 0.4) is 0 Å². The minimum absolute atomic E-state index is 0.213. The number of hydrogen-bond donors (Lipinski definition) is 1.